The second-order valence-corrected chi connectivity index (χ2v) is 3.79. The molecule has 14 heavy (non-hydrogen) atoms. The number of carbonyl (C=O) groups is 1. The molecule has 0 heterocycles. The van der Waals surface area contributed by atoms with E-state index in [0.717, 1.165) is 11.3 Å². The van der Waals surface area contributed by atoms with Crippen molar-refractivity contribution in [2.75, 3.05) is 6.61 Å². The summed E-state index contributed by atoms with van der Waals surface area (Å²) in [6, 6.07) is 7.24. The maximum Gasteiger partial charge on any atom is 0.159 e. The van der Waals surface area contributed by atoms with Gasteiger partial charge in [0.1, 0.15) is 5.75 Å². The summed E-state index contributed by atoms with van der Waals surface area (Å²) in [7, 11) is 0. The summed E-state index contributed by atoms with van der Waals surface area (Å²) < 4.78 is 5.49. The fourth-order valence-corrected chi connectivity index (χ4v) is 1.05. The molecule has 0 aliphatic carbocycles. The van der Waals surface area contributed by atoms with Crippen LogP contribution >= 0.6 is 0 Å². The van der Waals surface area contributed by atoms with Gasteiger partial charge in [-0.15, -0.1) is 0 Å². The van der Waals surface area contributed by atoms with Gasteiger partial charge in [-0.05, 0) is 37.1 Å². The van der Waals surface area contributed by atoms with Crippen LogP contribution in [0.5, 0.6) is 5.75 Å². The number of rotatable bonds is 4. The van der Waals surface area contributed by atoms with E-state index in [2.05, 4.69) is 13.8 Å². The van der Waals surface area contributed by atoms with Gasteiger partial charge in [0.05, 0.1) is 6.61 Å². The smallest absolute Gasteiger partial charge is 0.159 e. The van der Waals surface area contributed by atoms with E-state index in [9.17, 15) is 4.79 Å². The van der Waals surface area contributed by atoms with Crippen LogP contribution in [0.25, 0.3) is 0 Å². The highest BCUT2D eigenvalue weighted by atomic mass is 16.5. The van der Waals surface area contributed by atoms with Gasteiger partial charge in [-0.3, -0.25) is 4.79 Å². The zero-order valence-corrected chi connectivity index (χ0v) is 8.91. The molecule has 0 amide bonds. The fourth-order valence-electron chi connectivity index (χ4n) is 1.05. The van der Waals surface area contributed by atoms with Gasteiger partial charge in [-0.25, -0.2) is 0 Å². The Morgan fingerprint density at radius 2 is 1.86 bits per heavy atom. The molecular formula is C12H16O2. The minimum atomic E-state index is 0.0837. The quantitative estimate of drug-likeness (QED) is 0.685. The molecule has 76 valence electrons. The Labute approximate surface area is 84.9 Å². The van der Waals surface area contributed by atoms with E-state index in [1.165, 1.54) is 0 Å². The molecule has 0 bridgehead atoms. The largest absolute Gasteiger partial charge is 0.493 e. The molecule has 0 saturated heterocycles. The molecule has 0 spiro atoms. The highest BCUT2D eigenvalue weighted by Gasteiger charge is 2.00. The van der Waals surface area contributed by atoms with E-state index in [4.69, 9.17) is 4.74 Å². The Morgan fingerprint density at radius 3 is 2.29 bits per heavy atom. The van der Waals surface area contributed by atoms with E-state index in [0.29, 0.717) is 12.5 Å². The third-order valence-electron chi connectivity index (χ3n) is 1.84. The van der Waals surface area contributed by atoms with Crippen molar-refractivity contribution in [2.45, 2.75) is 20.8 Å². The number of ketones is 1. The van der Waals surface area contributed by atoms with Crippen LogP contribution in [0.2, 0.25) is 0 Å². The van der Waals surface area contributed by atoms with Crippen molar-refractivity contribution in [3.63, 3.8) is 0 Å². The van der Waals surface area contributed by atoms with E-state index < -0.39 is 0 Å². The van der Waals surface area contributed by atoms with Crippen LogP contribution in [0.15, 0.2) is 24.3 Å². The molecule has 0 unspecified atom stereocenters. The minimum Gasteiger partial charge on any atom is -0.493 e. The number of ether oxygens (including phenoxy) is 1. The fraction of sp³-hybridized carbons (Fsp3) is 0.417. The first-order valence-corrected chi connectivity index (χ1v) is 4.83. The molecule has 0 radical (unpaired) electrons. The zero-order chi connectivity index (χ0) is 10.6. The summed E-state index contributed by atoms with van der Waals surface area (Å²) in [5, 5.41) is 0. The Bertz CT molecular complexity index is 299. The first-order chi connectivity index (χ1) is 6.59. The second-order valence-electron chi connectivity index (χ2n) is 3.79. The lowest BCUT2D eigenvalue weighted by Gasteiger charge is -2.08. The predicted molar refractivity (Wildman–Crippen MR) is 56.8 cm³/mol. The molecule has 0 saturated carbocycles. The summed E-state index contributed by atoms with van der Waals surface area (Å²) in [5.74, 6) is 1.42. The summed E-state index contributed by atoms with van der Waals surface area (Å²) >= 11 is 0. The topological polar surface area (TPSA) is 26.3 Å². The molecule has 0 aromatic heterocycles. The lowest BCUT2D eigenvalue weighted by Crippen LogP contribution is -2.04. The van der Waals surface area contributed by atoms with Gasteiger partial charge in [-0.2, -0.15) is 0 Å². The van der Waals surface area contributed by atoms with Gasteiger partial charge in [0.25, 0.3) is 0 Å². The van der Waals surface area contributed by atoms with Crippen LogP contribution in [0.1, 0.15) is 31.1 Å². The van der Waals surface area contributed by atoms with Crippen molar-refractivity contribution < 1.29 is 9.53 Å². The molecule has 0 N–H and O–H groups in total. The minimum absolute atomic E-state index is 0.0837. The van der Waals surface area contributed by atoms with E-state index in [1.54, 1.807) is 19.1 Å². The van der Waals surface area contributed by atoms with Crippen LogP contribution < -0.4 is 4.74 Å². The van der Waals surface area contributed by atoms with Crippen molar-refractivity contribution >= 4 is 5.78 Å². The number of hydrogen-bond acceptors (Lipinski definition) is 2. The SMILES string of the molecule is CC(=O)c1ccc(OCC(C)C)cc1. The van der Waals surface area contributed by atoms with Crippen LogP contribution in [-0.2, 0) is 0 Å². The van der Waals surface area contributed by atoms with Crippen LogP contribution in [-0.4, -0.2) is 12.4 Å². The summed E-state index contributed by atoms with van der Waals surface area (Å²) in [4.78, 5) is 11.0. The first-order valence-electron chi connectivity index (χ1n) is 4.83. The maximum absolute atomic E-state index is 11.0. The standard InChI is InChI=1S/C12H16O2/c1-9(2)8-14-12-6-4-11(5-7-12)10(3)13/h4-7,9H,8H2,1-3H3. The molecule has 0 atom stereocenters. The third kappa shape index (κ3) is 3.21. The molecule has 2 heteroatoms. The highest BCUT2D eigenvalue weighted by Crippen LogP contribution is 2.13. The van der Waals surface area contributed by atoms with E-state index >= 15 is 0 Å². The van der Waals surface area contributed by atoms with E-state index in [1.807, 2.05) is 12.1 Å². The summed E-state index contributed by atoms with van der Waals surface area (Å²) in [6.07, 6.45) is 0. The lowest BCUT2D eigenvalue weighted by atomic mass is 10.1. The molecule has 1 rings (SSSR count). The van der Waals surface area contributed by atoms with Gasteiger partial charge in [-0.1, -0.05) is 13.8 Å². The normalized spacial score (nSPS) is 10.3. The van der Waals surface area contributed by atoms with Crippen molar-refractivity contribution in [3.05, 3.63) is 29.8 Å². The van der Waals surface area contributed by atoms with E-state index in [-0.39, 0.29) is 5.78 Å². The molecular weight excluding hydrogens is 176 g/mol. The number of carbonyl (C=O) groups excluding carboxylic acids is 1. The maximum atomic E-state index is 11.0. The van der Waals surface area contributed by atoms with Crippen LogP contribution in [0, 0.1) is 5.92 Å². The molecule has 2 nitrogen and oxygen atoms in total. The van der Waals surface area contributed by atoms with Gasteiger partial charge in [0.15, 0.2) is 5.78 Å². The highest BCUT2D eigenvalue weighted by molar-refractivity contribution is 5.94. The average molecular weight is 192 g/mol. The summed E-state index contributed by atoms with van der Waals surface area (Å²) in [6.45, 7) is 6.47. The predicted octanol–water partition coefficient (Wildman–Crippen LogP) is 2.92. The molecule has 0 aliphatic heterocycles. The van der Waals surface area contributed by atoms with Crippen molar-refractivity contribution in [2.24, 2.45) is 5.92 Å². The van der Waals surface area contributed by atoms with Crippen LogP contribution in [0.3, 0.4) is 0 Å². The second kappa shape index (κ2) is 4.80. The zero-order valence-electron chi connectivity index (χ0n) is 8.91. The monoisotopic (exact) mass is 192 g/mol. The van der Waals surface area contributed by atoms with Crippen molar-refractivity contribution in [1.29, 1.82) is 0 Å². The number of Topliss-reactive ketones (excluding diaryl/α,β-unsaturated/α-hetero) is 1. The van der Waals surface area contributed by atoms with Gasteiger partial charge in [0, 0.05) is 5.56 Å². The number of benzene rings is 1. The third-order valence-corrected chi connectivity index (χ3v) is 1.84. The lowest BCUT2D eigenvalue weighted by molar-refractivity contribution is 0.101. The number of hydrogen-bond donors (Lipinski definition) is 0. The van der Waals surface area contributed by atoms with Crippen molar-refractivity contribution in [3.8, 4) is 5.75 Å². The van der Waals surface area contributed by atoms with Crippen LogP contribution in [0.4, 0.5) is 0 Å². The summed E-state index contributed by atoms with van der Waals surface area (Å²) in [5.41, 5.74) is 0.724. The first kappa shape index (κ1) is 10.8. The Balaban J connectivity index is 2.60. The average Bonchev–Trinajstić information content (AvgIpc) is 2.15. The Morgan fingerprint density at radius 1 is 1.29 bits per heavy atom. The van der Waals surface area contributed by atoms with Gasteiger partial charge in [0.2, 0.25) is 0 Å². The molecule has 1 aromatic rings. The molecule has 0 fully saturated rings. The molecule has 0 aliphatic rings. The van der Waals surface area contributed by atoms with Gasteiger partial charge >= 0.3 is 0 Å². The molecule has 1 aromatic carbocycles. The van der Waals surface area contributed by atoms with Crippen molar-refractivity contribution in [1.82, 2.24) is 0 Å². The van der Waals surface area contributed by atoms with Gasteiger partial charge < -0.3 is 4.74 Å². The Hall–Kier alpha value is -1.31. The Kier molecular flexibility index (Phi) is 3.69.